The van der Waals surface area contributed by atoms with Crippen LogP contribution >= 0.6 is 0 Å². The zero-order valence-corrected chi connectivity index (χ0v) is 16.5. The third-order valence-electron chi connectivity index (χ3n) is 5.05. The lowest BCUT2D eigenvalue weighted by atomic mass is 9.96. The number of aryl methyl sites for hydroxylation is 1. The second-order valence-electron chi connectivity index (χ2n) is 7.11. The van der Waals surface area contributed by atoms with E-state index in [-0.39, 0.29) is 17.6 Å². The van der Waals surface area contributed by atoms with E-state index in [9.17, 15) is 13.2 Å². The quantitative estimate of drug-likeness (QED) is 0.626. The number of alkyl halides is 3. The second kappa shape index (κ2) is 7.92. The molecule has 1 aliphatic heterocycles. The highest BCUT2D eigenvalue weighted by molar-refractivity contribution is 5.62. The van der Waals surface area contributed by atoms with Crippen molar-refractivity contribution in [2.75, 3.05) is 25.1 Å². The zero-order valence-electron chi connectivity index (χ0n) is 16.5. The smallest absolute Gasteiger partial charge is 0.433 e. The second-order valence-corrected chi connectivity index (χ2v) is 7.11. The van der Waals surface area contributed by atoms with Crippen LogP contribution in [0.4, 0.5) is 19.1 Å². The number of piperidine rings is 1. The Hall–Kier alpha value is -3.17. The number of hydrogen-bond donors (Lipinski definition) is 0. The van der Waals surface area contributed by atoms with E-state index in [1.807, 2.05) is 24.3 Å². The molecular weight excluding hydrogens is 399 g/mol. The monoisotopic (exact) mass is 419 g/mol. The first-order chi connectivity index (χ1) is 14.3. The highest BCUT2D eigenvalue weighted by Gasteiger charge is 2.34. The van der Waals surface area contributed by atoms with Crippen molar-refractivity contribution in [1.82, 2.24) is 20.1 Å². The molecule has 0 aliphatic carbocycles. The van der Waals surface area contributed by atoms with E-state index in [4.69, 9.17) is 9.26 Å². The Morgan fingerprint density at radius 1 is 1.10 bits per heavy atom. The van der Waals surface area contributed by atoms with Crippen LogP contribution in [0.1, 0.15) is 36.0 Å². The number of aromatic nitrogens is 4. The summed E-state index contributed by atoms with van der Waals surface area (Å²) in [6.07, 6.45) is -3.19. The summed E-state index contributed by atoms with van der Waals surface area (Å²) < 4.78 is 49.9. The number of ether oxygens (including phenoxy) is 1. The molecular formula is C20H20F3N5O2. The van der Waals surface area contributed by atoms with E-state index in [1.165, 1.54) is 6.92 Å². The first-order valence-electron chi connectivity index (χ1n) is 9.50. The molecule has 0 unspecified atom stereocenters. The van der Waals surface area contributed by atoms with Crippen molar-refractivity contribution in [3.63, 3.8) is 0 Å². The Labute approximate surface area is 170 Å². The lowest BCUT2D eigenvalue weighted by Crippen LogP contribution is -2.35. The summed E-state index contributed by atoms with van der Waals surface area (Å²) in [4.78, 5) is 14.2. The van der Waals surface area contributed by atoms with Crippen LogP contribution in [0.3, 0.4) is 0 Å². The van der Waals surface area contributed by atoms with Gasteiger partial charge in [0.15, 0.2) is 5.82 Å². The molecule has 0 radical (unpaired) electrons. The number of hydrogen-bond acceptors (Lipinski definition) is 7. The lowest BCUT2D eigenvalue weighted by Gasteiger charge is -2.31. The average Bonchev–Trinajstić information content (AvgIpc) is 3.23. The molecule has 7 nitrogen and oxygen atoms in total. The minimum absolute atomic E-state index is 0.0420. The number of methoxy groups -OCH3 is 1. The molecule has 30 heavy (non-hydrogen) atoms. The van der Waals surface area contributed by atoms with Crippen molar-refractivity contribution in [2.45, 2.75) is 31.9 Å². The van der Waals surface area contributed by atoms with Crippen LogP contribution in [-0.4, -0.2) is 40.3 Å². The minimum Gasteiger partial charge on any atom is -0.496 e. The van der Waals surface area contributed by atoms with E-state index >= 15 is 0 Å². The minimum atomic E-state index is -4.50. The van der Waals surface area contributed by atoms with E-state index in [2.05, 4.69) is 20.1 Å². The molecule has 3 heterocycles. The van der Waals surface area contributed by atoms with Gasteiger partial charge in [0.05, 0.1) is 12.7 Å². The lowest BCUT2D eigenvalue weighted by molar-refractivity contribution is -0.141. The topological polar surface area (TPSA) is 77.2 Å². The third kappa shape index (κ3) is 4.07. The van der Waals surface area contributed by atoms with Crippen molar-refractivity contribution in [3.05, 3.63) is 47.5 Å². The first-order valence-corrected chi connectivity index (χ1v) is 9.50. The van der Waals surface area contributed by atoms with Gasteiger partial charge in [0.1, 0.15) is 11.4 Å². The van der Waals surface area contributed by atoms with Gasteiger partial charge in [0.25, 0.3) is 5.89 Å². The van der Waals surface area contributed by atoms with Gasteiger partial charge in [-0.1, -0.05) is 17.3 Å². The number of rotatable bonds is 4. The van der Waals surface area contributed by atoms with Gasteiger partial charge in [-0.25, -0.2) is 9.97 Å². The van der Waals surface area contributed by atoms with Gasteiger partial charge >= 0.3 is 6.18 Å². The van der Waals surface area contributed by atoms with Crippen LogP contribution in [0.2, 0.25) is 0 Å². The Morgan fingerprint density at radius 3 is 2.53 bits per heavy atom. The van der Waals surface area contributed by atoms with Crippen molar-refractivity contribution < 1.29 is 22.4 Å². The van der Waals surface area contributed by atoms with Gasteiger partial charge in [0.2, 0.25) is 5.95 Å². The molecule has 10 heteroatoms. The molecule has 1 saturated heterocycles. The molecule has 1 aromatic carbocycles. The number of nitrogens with zero attached hydrogens (tertiary/aromatic N) is 5. The number of benzene rings is 1. The van der Waals surface area contributed by atoms with Crippen LogP contribution in [0.5, 0.6) is 5.75 Å². The molecule has 1 aliphatic rings. The fourth-order valence-electron chi connectivity index (χ4n) is 3.51. The maximum absolute atomic E-state index is 13.1. The Balaban J connectivity index is 1.47. The van der Waals surface area contributed by atoms with Gasteiger partial charge < -0.3 is 14.2 Å². The van der Waals surface area contributed by atoms with E-state index in [1.54, 1.807) is 12.0 Å². The maximum Gasteiger partial charge on any atom is 0.433 e. The molecule has 4 rings (SSSR count). The predicted octanol–water partition coefficient (Wildman–Crippen LogP) is 4.25. The molecule has 2 aromatic heterocycles. The van der Waals surface area contributed by atoms with Crippen LogP contribution in [0, 0.1) is 6.92 Å². The largest absolute Gasteiger partial charge is 0.496 e. The Morgan fingerprint density at radius 2 is 1.83 bits per heavy atom. The molecule has 0 bridgehead atoms. The highest BCUT2D eigenvalue weighted by Crippen LogP contribution is 2.33. The summed E-state index contributed by atoms with van der Waals surface area (Å²) in [7, 11) is 1.57. The molecule has 0 atom stereocenters. The Bertz CT molecular complexity index is 1030. The fourth-order valence-corrected chi connectivity index (χ4v) is 3.51. The van der Waals surface area contributed by atoms with Gasteiger partial charge in [0, 0.05) is 24.7 Å². The summed E-state index contributed by atoms with van der Waals surface area (Å²) in [6, 6.07) is 8.32. The number of anilines is 1. The highest BCUT2D eigenvalue weighted by atomic mass is 19.4. The summed E-state index contributed by atoms with van der Waals surface area (Å²) in [5.74, 6) is 1.74. The van der Waals surface area contributed by atoms with Crippen molar-refractivity contribution in [1.29, 1.82) is 0 Å². The molecule has 3 aromatic rings. The maximum atomic E-state index is 13.1. The third-order valence-corrected chi connectivity index (χ3v) is 5.05. The summed E-state index contributed by atoms with van der Waals surface area (Å²) >= 11 is 0. The van der Waals surface area contributed by atoms with Gasteiger partial charge in [-0.2, -0.15) is 18.2 Å². The average molecular weight is 419 g/mol. The van der Waals surface area contributed by atoms with Crippen LogP contribution in [-0.2, 0) is 6.18 Å². The first kappa shape index (κ1) is 20.1. The van der Waals surface area contributed by atoms with Crippen LogP contribution in [0.15, 0.2) is 34.9 Å². The van der Waals surface area contributed by atoms with Crippen molar-refractivity contribution in [2.24, 2.45) is 0 Å². The summed E-state index contributed by atoms with van der Waals surface area (Å²) in [6.45, 7) is 2.54. The SMILES string of the molecule is COc1ccccc1-c1nc(C2CCN(c3nc(C)cc(C(F)(F)F)n3)CC2)no1. The molecule has 0 amide bonds. The van der Waals surface area contributed by atoms with E-state index in [0.717, 1.165) is 6.07 Å². The van der Waals surface area contributed by atoms with E-state index in [0.29, 0.717) is 49.0 Å². The standard InChI is InChI=1S/C20H20F3N5O2/c1-12-11-16(20(21,22)23)25-19(24-12)28-9-7-13(8-10-28)17-26-18(30-27-17)14-5-3-4-6-15(14)29-2/h3-6,11,13H,7-10H2,1-2H3. The summed E-state index contributed by atoms with van der Waals surface area (Å²) in [5, 5.41) is 4.11. The molecule has 0 spiro atoms. The predicted molar refractivity (Wildman–Crippen MR) is 102 cm³/mol. The van der Waals surface area contributed by atoms with Crippen LogP contribution < -0.4 is 9.64 Å². The Kier molecular flexibility index (Phi) is 5.31. The van der Waals surface area contributed by atoms with Gasteiger partial charge in [-0.15, -0.1) is 0 Å². The molecule has 1 fully saturated rings. The molecule has 0 N–H and O–H groups in total. The summed E-state index contributed by atoms with van der Waals surface area (Å²) in [5.41, 5.74) is 0.0739. The number of halogens is 3. The number of para-hydroxylation sites is 1. The molecule has 0 saturated carbocycles. The fraction of sp³-hybridized carbons (Fsp3) is 0.400. The van der Waals surface area contributed by atoms with E-state index < -0.39 is 11.9 Å². The van der Waals surface area contributed by atoms with Crippen LogP contribution in [0.25, 0.3) is 11.5 Å². The van der Waals surface area contributed by atoms with Gasteiger partial charge in [-0.05, 0) is 38.0 Å². The van der Waals surface area contributed by atoms with Crippen molar-refractivity contribution in [3.8, 4) is 17.2 Å². The zero-order chi connectivity index (χ0) is 21.3. The van der Waals surface area contributed by atoms with Gasteiger partial charge in [-0.3, -0.25) is 0 Å². The normalized spacial score (nSPS) is 15.4. The van der Waals surface area contributed by atoms with Crippen molar-refractivity contribution >= 4 is 5.95 Å². The molecule has 158 valence electrons.